The maximum Gasteiger partial charge on any atom is 0.303 e. The van der Waals surface area contributed by atoms with E-state index in [1.54, 1.807) is 57.1 Å². The van der Waals surface area contributed by atoms with E-state index in [0.29, 0.717) is 30.7 Å². The number of aryl methyl sites for hydroxylation is 1. The van der Waals surface area contributed by atoms with Crippen LogP contribution in [-0.2, 0) is 59.0 Å². The van der Waals surface area contributed by atoms with Gasteiger partial charge in [0.05, 0.1) is 23.1 Å². The fraction of sp³-hybridized carbons (Fsp3) is 0.667. The number of ether oxygens (including phenoxy) is 2. The molecule has 9 amide bonds. The number of likely N-dealkylation sites (tertiary alicyclic amines) is 1. The van der Waals surface area contributed by atoms with Crippen molar-refractivity contribution in [3.63, 3.8) is 0 Å². The quantitative estimate of drug-likeness (QED) is 0.0326. The van der Waals surface area contributed by atoms with Crippen molar-refractivity contribution in [2.45, 2.75) is 161 Å². The molecule has 22 nitrogen and oxygen atoms in total. The highest BCUT2D eigenvalue weighted by molar-refractivity contribution is 8.01. The molecule has 6 N–H and O–H groups in total. The van der Waals surface area contributed by atoms with E-state index in [4.69, 9.17) is 9.47 Å². The summed E-state index contributed by atoms with van der Waals surface area (Å²) in [5.74, 6) is -5.01. The molecule has 2 aromatic rings. The standard InChI is InChI=1S/C57H90N10O12S2/c1-15-36(5)49(64-56(77)57(8,9)65(11)12)55(76)66(13)43(34(2)3)30-44(79-38(7)68)53-63-42(32-81-53)52(74)61-40(29-39-21-19-35(4)20-22-39)28-37(6)50(72)62-41(51(73)60-25-27-78-14)18-16-17-24-59-47(70)33-80-45-31-48(71)67(54(45)75)26-23-46(69)58-10/h19-22,32,34,36-37,40-41,43-45,49H,15-18,23-31,33H2,1-14H3,(H,58,69)(H,59,70)(H,60,73)(H,61,74)(H,62,72)(H,64,77)/t36?,37?,40-,41?,43-,44-,45?,49+/m1/s1. The van der Waals surface area contributed by atoms with E-state index in [1.165, 1.54) is 21.1 Å². The number of esters is 1. The zero-order valence-corrected chi connectivity index (χ0v) is 51.6. The lowest BCUT2D eigenvalue weighted by Gasteiger charge is -2.38. The second-order valence-corrected chi connectivity index (χ2v) is 24.0. The number of imide groups is 1. The third-order valence-corrected chi connectivity index (χ3v) is 16.9. The summed E-state index contributed by atoms with van der Waals surface area (Å²) < 4.78 is 11.0. The summed E-state index contributed by atoms with van der Waals surface area (Å²) in [5, 5.41) is 18.3. The number of hydrogen-bond acceptors (Lipinski definition) is 16. The van der Waals surface area contributed by atoms with Crippen molar-refractivity contribution < 1.29 is 57.4 Å². The van der Waals surface area contributed by atoms with Gasteiger partial charge in [0, 0.05) is 90.4 Å². The maximum absolute atomic E-state index is 14.4. The first-order chi connectivity index (χ1) is 38.1. The van der Waals surface area contributed by atoms with Crippen LogP contribution in [0.4, 0.5) is 0 Å². The van der Waals surface area contributed by atoms with E-state index in [1.807, 2.05) is 58.9 Å². The Labute approximate surface area is 486 Å². The van der Waals surface area contributed by atoms with Crippen LogP contribution in [-0.4, -0.2) is 181 Å². The van der Waals surface area contributed by atoms with Gasteiger partial charge in [-0.25, -0.2) is 4.98 Å². The number of unbranched alkanes of at least 4 members (excludes halogenated alkanes) is 1. The fourth-order valence-corrected chi connectivity index (χ4v) is 10.7. The smallest absolute Gasteiger partial charge is 0.303 e. The van der Waals surface area contributed by atoms with Gasteiger partial charge in [-0.3, -0.25) is 57.7 Å². The van der Waals surface area contributed by atoms with Crippen molar-refractivity contribution in [3.8, 4) is 0 Å². The number of methoxy groups -OCH3 is 1. The topological polar surface area (TPSA) is 284 Å². The van der Waals surface area contributed by atoms with Crippen LogP contribution in [0.3, 0.4) is 0 Å². The summed E-state index contributed by atoms with van der Waals surface area (Å²) in [6, 6.07) is 5.00. The minimum atomic E-state index is -0.931. The van der Waals surface area contributed by atoms with E-state index in [2.05, 4.69) is 36.9 Å². The van der Waals surface area contributed by atoms with Gasteiger partial charge in [0.1, 0.15) is 22.8 Å². The molecule has 3 rings (SSSR count). The lowest BCUT2D eigenvalue weighted by Crippen LogP contribution is -2.60. The van der Waals surface area contributed by atoms with Gasteiger partial charge in [0.15, 0.2) is 6.10 Å². The maximum atomic E-state index is 14.4. The van der Waals surface area contributed by atoms with Crippen LogP contribution in [0.5, 0.6) is 0 Å². The van der Waals surface area contributed by atoms with Crippen molar-refractivity contribution in [2.24, 2.45) is 17.8 Å². The Morgan fingerprint density at radius 3 is 2.19 bits per heavy atom. The van der Waals surface area contributed by atoms with Crippen LogP contribution < -0.4 is 31.9 Å². The molecule has 0 bridgehead atoms. The summed E-state index contributed by atoms with van der Waals surface area (Å²) in [5.41, 5.74) is 1.13. The van der Waals surface area contributed by atoms with Crippen molar-refractivity contribution in [2.75, 3.05) is 67.3 Å². The number of hydrogen-bond donors (Lipinski definition) is 6. The summed E-state index contributed by atoms with van der Waals surface area (Å²) in [6.45, 7) is 17.0. The lowest BCUT2D eigenvalue weighted by atomic mass is 9.92. The molecule has 452 valence electrons. The molecule has 24 heteroatoms. The van der Waals surface area contributed by atoms with Crippen LogP contribution in [0.15, 0.2) is 29.6 Å². The molecule has 81 heavy (non-hydrogen) atoms. The average molecular weight is 1170 g/mol. The average Bonchev–Trinajstić information content (AvgIpc) is 4.10. The molecule has 1 aromatic heterocycles. The first kappa shape index (κ1) is 69.3. The van der Waals surface area contributed by atoms with Crippen LogP contribution in [0.2, 0.25) is 0 Å². The molecule has 2 heterocycles. The molecule has 1 aliphatic rings. The van der Waals surface area contributed by atoms with Crippen LogP contribution in [0.25, 0.3) is 0 Å². The molecule has 4 unspecified atom stereocenters. The summed E-state index contributed by atoms with van der Waals surface area (Å²) >= 11 is 2.20. The van der Waals surface area contributed by atoms with Gasteiger partial charge in [-0.15, -0.1) is 23.1 Å². The molecule has 1 aromatic carbocycles. The van der Waals surface area contributed by atoms with Gasteiger partial charge in [-0.05, 0) is 84.4 Å². The molecule has 1 saturated heterocycles. The zero-order valence-electron chi connectivity index (χ0n) is 50.0. The van der Waals surface area contributed by atoms with Crippen molar-refractivity contribution in [1.29, 1.82) is 0 Å². The predicted molar refractivity (Wildman–Crippen MR) is 312 cm³/mol. The summed E-state index contributed by atoms with van der Waals surface area (Å²) in [6.07, 6.45) is 1.49. The monoisotopic (exact) mass is 1170 g/mol. The van der Waals surface area contributed by atoms with Gasteiger partial charge in [0.25, 0.3) is 5.91 Å². The second kappa shape index (κ2) is 33.8. The molecule has 1 aliphatic heterocycles. The number of thiazole rings is 1. The molecule has 0 radical (unpaired) electrons. The lowest BCUT2D eigenvalue weighted by molar-refractivity contribution is -0.149. The molecule has 0 spiro atoms. The number of amides is 9. The SMILES string of the molecule is CCC(C)[C@H](NC(=O)C(C)(C)N(C)C)C(=O)N(C)[C@H](C[C@@H](OC(C)=O)c1nc(C(=O)N[C@@H](Cc2ccc(C)cc2)CC(C)C(=O)NC(CCCCNC(=O)CSC2CC(=O)N(CCC(=O)NC)C2=O)C(=O)NCCOC)cs1)C(C)C. The predicted octanol–water partition coefficient (Wildman–Crippen LogP) is 3.70. The Morgan fingerprint density at radius 2 is 1.58 bits per heavy atom. The molecule has 0 saturated carbocycles. The highest BCUT2D eigenvalue weighted by Crippen LogP contribution is 2.32. The van der Waals surface area contributed by atoms with Crippen molar-refractivity contribution >= 4 is 82.2 Å². The van der Waals surface area contributed by atoms with Gasteiger partial charge in [-0.1, -0.05) is 70.9 Å². The number of aromatic nitrogens is 1. The Balaban J connectivity index is 1.74. The van der Waals surface area contributed by atoms with Gasteiger partial charge < -0.3 is 46.3 Å². The largest absolute Gasteiger partial charge is 0.455 e. The molecule has 1 fully saturated rings. The molecule has 0 aliphatic carbocycles. The first-order valence-electron chi connectivity index (χ1n) is 27.9. The number of thioether (sulfide) groups is 1. The Hall–Kier alpha value is -5.98. The number of benzene rings is 1. The first-order valence-corrected chi connectivity index (χ1v) is 29.8. The van der Waals surface area contributed by atoms with E-state index in [0.717, 1.165) is 39.1 Å². The number of nitrogens with zero attached hydrogens (tertiary/aromatic N) is 4. The highest BCUT2D eigenvalue weighted by atomic mass is 32.2. The zero-order chi connectivity index (χ0) is 60.7. The minimum Gasteiger partial charge on any atom is -0.455 e. The summed E-state index contributed by atoms with van der Waals surface area (Å²) in [7, 11) is 8.26. The molecule has 8 atom stereocenters. The van der Waals surface area contributed by atoms with Crippen LogP contribution in [0.1, 0.15) is 139 Å². The van der Waals surface area contributed by atoms with Crippen molar-refractivity contribution in [3.05, 3.63) is 51.5 Å². The van der Waals surface area contributed by atoms with Crippen LogP contribution >= 0.6 is 23.1 Å². The van der Waals surface area contributed by atoms with E-state index in [-0.39, 0.29) is 111 Å². The second-order valence-electron chi connectivity index (χ2n) is 22.0. The van der Waals surface area contributed by atoms with Gasteiger partial charge in [-0.2, -0.15) is 0 Å². The Bertz CT molecular complexity index is 2450. The number of likely N-dealkylation sites (N-methyl/N-ethyl adjacent to an activating group) is 2. The van der Waals surface area contributed by atoms with E-state index < -0.39 is 76.6 Å². The number of carbonyl (C=O) groups is 10. The Morgan fingerprint density at radius 1 is 0.901 bits per heavy atom. The van der Waals surface area contributed by atoms with E-state index >= 15 is 0 Å². The van der Waals surface area contributed by atoms with Crippen molar-refractivity contribution in [1.82, 2.24) is 51.6 Å². The molecular formula is C57H90N10O12S2. The molecular weight excluding hydrogens is 1080 g/mol. The Kier molecular flexibility index (Phi) is 28.9. The minimum absolute atomic E-state index is 0.00592. The fourth-order valence-electron chi connectivity index (χ4n) is 8.89. The number of nitrogens with one attached hydrogen (secondary N) is 6. The highest BCUT2D eigenvalue weighted by Gasteiger charge is 2.41. The van der Waals surface area contributed by atoms with Crippen LogP contribution in [0, 0.1) is 24.7 Å². The number of rotatable bonds is 35. The normalized spacial score (nSPS) is 16.1. The third-order valence-electron chi connectivity index (χ3n) is 14.8. The van der Waals surface area contributed by atoms with Gasteiger partial charge >= 0.3 is 5.97 Å². The number of carbonyl (C=O) groups excluding carboxylic acids is 10. The third kappa shape index (κ3) is 22.0. The van der Waals surface area contributed by atoms with E-state index in [9.17, 15) is 47.9 Å². The summed E-state index contributed by atoms with van der Waals surface area (Å²) in [4.78, 5) is 141. The van der Waals surface area contributed by atoms with Gasteiger partial charge in [0.2, 0.25) is 47.3 Å².